The molecule has 4 N–H and O–H groups in total. The Balaban J connectivity index is 0.000000216. The molecule has 2 aliphatic heterocycles. The predicted octanol–water partition coefficient (Wildman–Crippen LogP) is 7.04. The van der Waals surface area contributed by atoms with E-state index in [-0.39, 0.29) is 61.3 Å². The number of carboxylic acid groups (broad SMARTS) is 1. The summed E-state index contributed by atoms with van der Waals surface area (Å²) < 4.78 is 9.04. The molecule has 4 heterocycles. The summed E-state index contributed by atoms with van der Waals surface area (Å²) in [6, 6.07) is 80.8. The molecule has 0 saturated carbocycles. The maximum atomic E-state index is 14.3. The van der Waals surface area contributed by atoms with Crippen LogP contribution in [0.5, 0.6) is 0 Å². The van der Waals surface area contributed by atoms with Gasteiger partial charge in [0, 0.05) is 49.4 Å². The van der Waals surface area contributed by atoms with Crippen LogP contribution in [0.3, 0.4) is 0 Å². The average molecular weight is 1140 g/mol. The molecule has 2 aromatic heterocycles. The summed E-state index contributed by atoms with van der Waals surface area (Å²) in [6.45, 7) is 2.02. The number of para-hydroxylation sites is 2. The van der Waals surface area contributed by atoms with Gasteiger partial charge in [-0.05, 0) is 46.5 Å². The Morgan fingerprint density at radius 2 is 0.733 bits per heavy atom. The second-order valence-corrected chi connectivity index (χ2v) is 20.4. The summed E-state index contributed by atoms with van der Waals surface area (Å²) in [5.74, 6) is -1.53. The first kappa shape index (κ1) is 62.2. The van der Waals surface area contributed by atoms with Crippen LogP contribution in [0.15, 0.2) is 255 Å². The molecule has 0 aliphatic carbocycles. The standard InChI is InChI=1S/C35H32N4O3.C34H30N4O3.Li.2H2O/c1-42-35(41)31-25-37(32-24-30(26-14-6-2-7-15-26)39(36-32)29-20-12-5-13-21-29)22-23-38(31)34(40)33(27-16-8-3-9-17-27)28-18-10-4-11-19-28;39-33(32(26-15-7-2-8-16-26)27-17-9-3-10-18-27)37-22-21-36(24-30(37)34(40)41)31-23-29(25-13-5-1-6-14-25)38(35-31)28-19-11-4-12-20-28;;;/h2-21,24,31,33H,22-23,25H2,1H3;1-20,23,30,32H,21-22,24H2,(H,40,41);;2*1H2/q;;+1;;/p-1/t31-;30-;;;/m00.../s1. The number of aromatic nitrogens is 4. The maximum Gasteiger partial charge on any atom is 1.00 e. The number of carbonyl (C=O) groups is 4. The molecule has 10 aromatic rings. The van der Waals surface area contributed by atoms with Crippen LogP contribution >= 0.6 is 0 Å². The number of piperazine rings is 2. The average Bonchev–Trinajstić information content (AvgIpc) is 3.23. The van der Waals surface area contributed by atoms with Crippen LogP contribution in [0.25, 0.3) is 33.9 Å². The number of amides is 2. The van der Waals surface area contributed by atoms with Crippen LogP contribution in [-0.2, 0) is 23.9 Å². The molecule has 86 heavy (non-hydrogen) atoms. The Hall–Kier alpha value is -9.82. The number of hydrogen-bond acceptors (Lipinski definition) is 10. The maximum absolute atomic E-state index is 14.3. The number of esters is 1. The molecule has 2 atom stereocenters. The second-order valence-electron chi connectivity index (χ2n) is 20.4. The van der Waals surface area contributed by atoms with Crippen molar-refractivity contribution in [3.05, 3.63) is 277 Å². The van der Waals surface area contributed by atoms with Gasteiger partial charge in [-0.1, -0.05) is 218 Å². The molecule has 8 aromatic carbocycles. The van der Waals surface area contributed by atoms with E-state index < -0.39 is 35.9 Å². The second kappa shape index (κ2) is 29.1. The summed E-state index contributed by atoms with van der Waals surface area (Å²) in [4.78, 5) is 61.4. The summed E-state index contributed by atoms with van der Waals surface area (Å²) in [6.07, 6.45) is 0. The fourth-order valence-electron chi connectivity index (χ4n) is 11.1. The molecule has 430 valence electrons. The zero-order valence-corrected chi connectivity index (χ0v) is 47.8. The van der Waals surface area contributed by atoms with Gasteiger partial charge in [0.1, 0.15) is 12.1 Å². The van der Waals surface area contributed by atoms with Gasteiger partial charge < -0.3 is 40.4 Å². The summed E-state index contributed by atoms with van der Waals surface area (Å²) >= 11 is 0. The molecule has 2 fully saturated rings. The molecule has 16 nitrogen and oxygen atoms in total. The summed E-state index contributed by atoms with van der Waals surface area (Å²) in [5, 5.41) is 20.2. The van der Waals surface area contributed by atoms with Gasteiger partial charge in [-0.15, -0.1) is 10.2 Å². The fraction of sp³-hybridized carbons (Fsp3) is 0.159. The molecule has 0 spiro atoms. The number of rotatable bonds is 14. The van der Waals surface area contributed by atoms with E-state index in [1.54, 1.807) is 4.90 Å². The van der Waals surface area contributed by atoms with Crippen LogP contribution < -0.4 is 28.7 Å². The number of hydrogen-bond donors (Lipinski definition) is 1. The minimum Gasteiger partial charge on any atom is -0.870 e. The number of nitrogens with zero attached hydrogens (tertiary/aromatic N) is 8. The Morgan fingerprint density at radius 3 is 1.05 bits per heavy atom. The van der Waals surface area contributed by atoms with E-state index in [9.17, 15) is 24.3 Å². The van der Waals surface area contributed by atoms with Crippen molar-refractivity contribution in [2.45, 2.75) is 23.9 Å². The van der Waals surface area contributed by atoms with Crippen molar-refractivity contribution in [1.82, 2.24) is 29.4 Å². The molecule has 12 rings (SSSR count). The van der Waals surface area contributed by atoms with Crippen LogP contribution in [-0.4, -0.2) is 128 Å². The topological polar surface area (TPSA) is 208 Å². The summed E-state index contributed by atoms with van der Waals surface area (Å²) in [5.41, 5.74) is 9.18. The molecule has 17 heteroatoms. The number of anilines is 2. The number of methoxy groups -OCH3 is 1. The molecular formula is C69H65LiN8O8. The van der Waals surface area contributed by atoms with Gasteiger partial charge in [-0.3, -0.25) is 9.59 Å². The molecule has 2 amide bonds. The van der Waals surface area contributed by atoms with E-state index in [2.05, 4.69) is 17.0 Å². The molecule has 0 unspecified atom stereocenters. The van der Waals surface area contributed by atoms with Crippen molar-refractivity contribution in [1.29, 1.82) is 0 Å². The Morgan fingerprint density at radius 1 is 0.442 bits per heavy atom. The van der Waals surface area contributed by atoms with Crippen LogP contribution in [0.2, 0.25) is 0 Å². The van der Waals surface area contributed by atoms with Crippen molar-refractivity contribution < 1.29 is 58.8 Å². The van der Waals surface area contributed by atoms with Gasteiger partial charge in [0.25, 0.3) is 0 Å². The minimum absolute atomic E-state index is 0. The van der Waals surface area contributed by atoms with Crippen LogP contribution in [0, 0.1) is 0 Å². The quantitative estimate of drug-likeness (QED) is 0.0863. The van der Waals surface area contributed by atoms with Crippen LogP contribution in [0.1, 0.15) is 34.1 Å². The van der Waals surface area contributed by atoms with E-state index in [0.717, 1.165) is 62.0 Å². The number of ether oxygens (including phenoxy) is 1. The van der Waals surface area contributed by atoms with Gasteiger partial charge >= 0.3 is 30.8 Å². The SMILES string of the molecule is COC(=O)[C@@H]1CN(c2cc(-c3ccccc3)n(-c3ccccc3)n2)CCN1C(=O)C(c1ccccc1)c1ccccc1.O.O=C(O)[C@@H]1CN(c2cc(-c3ccccc3)n(-c3ccccc3)n2)CCN1C(=O)C(c1ccccc1)c1ccccc1.[Li+].[OH-]. The third-order valence-electron chi connectivity index (χ3n) is 15.3. The van der Waals surface area contributed by atoms with E-state index in [1.807, 2.05) is 257 Å². The van der Waals surface area contributed by atoms with Gasteiger partial charge in [-0.2, -0.15) is 0 Å². The third-order valence-corrected chi connectivity index (χ3v) is 15.3. The van der Waals surface area contributed by atoms with Crippen molar-refractivity contribution >= 4 is 35.4 Å². The van der Waals surface area contributed by atoms with E-state index >= 15 is 0 Å². The first-order valence-electron chi connectivity index (χ1n) is 27.8. The normalized spacial score (nSPS) is 14.6. The van der Waals surface area contributed by atoms with Crippen molar-refractivity contribution in [3.8, 4) is 33.9 Å². The van der Waals surface area contributed by atoms with E-state index in [1.165, 1.54) is 12.0 Å². The third kappa shape index (κ3) is 13.7. The molecule has 2 saturated heterocycles. The largest absolute Gasteiger partial charge is 1.00 e. The number of aliphatic carboxylic acids is 1. The Labute approximate surface area is 511 Å². The van der Waals surface area contributed by atoms with Crippen molar-refractivity contribution in [2.24, 2.45) is 0 Å². The van der Waals surface area contributed by atoms with E-state index in [4.69, 9.17) is 14.9 Å². The zero-order valence-electron chi connectivity index (χ0n) is 47.8. The monoisotopic (exact) mass is 1140 g/mol. The number of carbonyl (C=O) groups excluding carboxylic acids is 3. The number of carboxylic acids is 1. The van der Waals surface area contributed by atoms with Gasteiger partial charge in [0.15, 0.2) is 11.6 Å². The smallest absolute Gasteiger partial charge is 0.870 e. The molecular weight excluding hydrogens is 1080 g/mol. The van der Waals surface area contributed by atoms with E-state index in [0.29, 0.717) is 25.5 Å². The van der Waals surface area contributed by atoms with Gasteiger partial charge in [0.2, 0.25) is 11.8 Å². The number of benzene rings is 8. The fourth-order valence-corrected chi connectivity index (χ4v) is 11.1. The van der Waals surface area contributed by atoms with Gasteiger partial charge in [-0.25, -0.2) is 19.0 Å². The molecule has 0 bridgehead atoms. The van der Waals surface area contributed by atoms with Crippen LogP contribution in [0.4, 0.5) is 11.6 Å². The van der Waals surface area contributed by atoms with Crippen molar-refractivity contribution in [2.75, 3.05) is 56.2 Å². The Bertz CT molecular complexity index is 3580. The zero-order chi connectivity index (χ0) is 57.1. The van der Waals surface area contributed by atoms with Gasteiger partial charge in [0.05, 0.1) is 54.8 Å². The first-order chi connectivity index (χ1) is 40.7. The summed E-state index contributed by atoms with van der Waals surface area (Å²) in [7, 11) is 1.37. The predicted molar refractivity (Wildman–Crippen MR) is 328 cm³/mol. The molecule has 0 radical (unpaired) electrons. The Kier molecular flexibility index (Phi) is 21.1. The molecule has 2 aliphatic rings. The first-order valence-corrected chi connectivity index (χ1v) is 27.8. The van der Waals surface area contributed by atoms with Crippen molar-refractivity contribution in [3.63, 3.8) is 0 Å². The minimum atomic E-state index is -1.03.